The smallest absolute Gasteiger partial charge is 0.388 e. The molecule has 2 unspecified atom stereocenters. The van der Waals surface area contributed by atoms with E-state index in [9.17, 15) is 23.1 Å². The highest BCUT2D eigenvalue weighted by Gasteiger charge is 2.46. The quantitative estimate of drug-likeness (QED) is 0.661. The Hall–Kier alpha value is -2.42. The number of hydrogen-bond acceptors (Lipinski definition) is 4. The zero-order valence-corrected chi connectivity index (χ0v) is 19.6. The number of carbonyl (C=O) groups excluding carboxylic acids is 1. The zero-order chi connectivity index (χ0) is 24.6. The molecule has 1 spiro atoms. The topological polar surface area (TPSA) is 53.0 Å². The predicted molar refractivity (Wildman–Crippen MR) is 125 cm³/mol. The van der Waals surface area contributed by atoms with Crippen molar-refractivity contribution >= 4 is 5.91 Å². The lowest BCUT2D eigenvalue weighted by atomic mass is 9.87. The second-order valence-corrected chi connectivity index (χ2v) is 10.2. The van der Waals surface area contributed by atoms with E-state index in [4.69, 9.17) is 4.74 Å². The van der Waals surface area contributed by atoms with Crippen molar-refractivity contribution in [3.8, 4) is 0 Å². The highest BCUT2D eigenvalue weighted by Crippen LogP contribution is 2.41. The Bertz CT molecular complexity index is 1020. The zero-order valence-electron chi connectivity index (χ0n) is 19.6. The average Bonchev–Trinajstić information content (AvgIpc) is 3.69. The number of alkyl halides is 3. The lowest BCUT2D eigenvalue weighted by Crippen LogP contribution is -2.59. The fourth-order valence-electron chi connectivity index (χ4n) is 5.38. The van der Waals surface area contributed by atoms with Crippen LogP contribution < -0.4 is 0 Å². The third-order valence-electron chi connectivity index (χ3n) is 7.43. The van der Waals surface area contributed by atoms with Crippen molar-refractivity contribution in [2.75, 3.05) is 32.7 Å². The van der Waals surface area contributed by atoms with Gasteiger partial charge in [0.25, 0.3) is 5.91 Å². The van der Waals surface area contributed by atoms with Crippen molar-refractivity contribution in [3.05, 3.63) is 71.3 Å². The minimum atomic E-state index is -4.28. The van der Waals surface area contributed by atoms with Gasteiger partial charge in [0.1, 0.15) is 0 Å². The van der Waals surface area contributed by atoms with Gasteiger partial charge in [0.05, 0.1) is 24.4 Å². The predicted octanol–water partition coefficient (Wildman–Crippen LogP) is 4.74. The summed E-state index contributed by atoms with van der Waals surface area (Å²) in [7, 11) is 0. The van der Waals surface area contributed by atoms with Crippen molar-refractivity contribution in [3.63, 3.8) is 0 Å². The molecule has 8 heteroatoms. The molecule has 2 aromatic rings. The molecule has 5 rings (SSSR count). The molecule has 3 aliphatic rings. The minimum absolute atomic E-state index is 0.102. The highest BCUT2D eigenvalue weighted by atomic mass is 19.4. The number of aliphatic hydroxyl groups excluding tert-OH is 1. The number of ether oxygens (including phenoxy) is 1. The van der Waals surface area contributed by atoms with Crippen LogP contribution in [0.25, 0.3) is 0 Å². The van der Waals surface area contributed by atoms with Crippen LogP contribution in [0.2, 0.25) is 0 Å². The summed E-state index contributed by atoms with van der Waals surface area (Å²) in [5.74, 6) is 0.219. The van der Waals surface area contributed by atoms with Gasteiger partial charge >= 0.3 is 6.18 Å². The molecule has 0 aromatic heterocycles. The van der Waals surface area contributed by atoms with Crippen LogP contribution in [0.4, 0.5) is 13.2 Å². The van der Waals surface area contributed by atoms with Gasteiger partial charge < -0.3 is 14.7 Å². The van der Waals surface area contributed by atoms with Gasteiger partial charge in [0.2, 0.25) is 0 Å². The van der Waals surface area contributed by atoms with Gasteiger partial charge in [-0.15, -0.1) is 0 Å². The Labute approximate surface area is 203 Å². The Morgan fingerprint density at radius 3 is 2.31 bits per heavy atom. The van der Waals surface area contributed by atoms with E-state index in [1.54, 1.807) is 17.0 Å². The van der Waals surface area contributed by atoms with Crippen LogP contribution in [0, 0.1) is 5.92 Å². The number of rotatable bonds is 5. The van der Waals surface area contributed by atoms with Gasteiger partial charge in [0, 0.05) is 31.7 Å². The SMILES string of the molecule is O=C(c1ccc(C(O)C2CC2)cc1)N1CCC2(CC1)CN(CC(F)(F)F)CC(c1ccccc1)O2. The number of carbonyl (C=O) groups is 1. The summed E-state index contributed by atoms with van der Waals surface area (Å²) >= 11 is 0. The fraction of sp³-hybridized carbons (Fsp3) is 0.519. The molecular weight excluding hydrogens is 457 g/mol. The number of nitrogens with zero attached hydrogens (tertiary/aromatic N) is 2. The van der Waals surface area contributed by atoms with Gasteiger partial charge in [-0.3, -0.25) is 9.69 Å². The Morgan fingerprint density at radius 1 is 1.06 bits per heavy atom. The van der Waals surface area contributed by atoms with E-state index in [0.29, 0.717) is 37.4 Å². The van der Waals surface area contributed by atoms with Crippen LogP contribution in [0.3, 0.4) is 0 Å². The number of piperidine rings is 1. The Balaban J connectivity index is 1.26. The first-order valence-corrected chi connectivity index (χ1v) is 12.3. The Morgan fingerprint density at radius 2 is 1.71 bits per heavy atom. The number of halogens is 3. The molecule has 3 fully saturated rings. The maximum Gasteiger partial charge on any atom is 0.401 e. The van der Waals surface area contributed by atoms with Crippen LogP contribution in [-0.2, 0) is 4.74 Å². The van der Waals surface area contributed by atoms with Crippen LogP contribution in [0.5, 0.6) is 0 Å². The molecule has 1 saturated carbocycles. The lowest BCUT2D eigenvalue weighted by Gasteiger charge is -2.50. The van der Waals surface area contributed by atoms with E-state index >= 15 is 0 Å². The number of amides is 1. The Kier molecular flexibility index (Phi) is 6.63. The van der Waals surface area contributed by atoms with Gasteiger partial charge in [-0.2, -0.15) is 13.2 Å². The fourth-order valence-corrected chi connectivity index (χ4v) is 5.38. The molecule has 0 bridgehead atoms. The van der Waals surface area contributed by atoms with Crippen molar-refractivity contribution in [2.24, 2.45) is 5.92 Å². The van der Waals surface area contributed by atoms with Gasteiger partial charge in [-0.05, 0) is 54.9 Å². The van der Waals surface area contributed by atoms with Crippen molar-refractivity contribution < 1.29 is 27.8 Å². The summed E-state index contributed by atoms with van der Waals surface area (Å²) in [5, 5.41) is 10.3. The monoisotopic (exact) mass is 488 g/mol. The first kappa shape index (κ1) is 24.3. The molecule has 1 N–H and O–H groups in total. The normalized spacial score (nSPS) is 23.9. The van der Waals surface area contributed by atoms with E-state index in [1.165, 1.54) is 4.90 Å². The van der Waals surface area contributed by atoms with Crippen LogP contribution >= 0.6 is 0 Å². The highest BCUT2D eigenvalue weighted by molar-refractivity contribution is 5.94. The molecule has 1 aliphatic carbocycles. The van der Waals surface area contributed by atoms with E-state index in [0.717, 1.165) is 24.0 Å². The summed E-state index contributed by atoms with van der Waals surface area (Å²) < 4.78 is 46.2. The number of aliphatic hydroxyl groups is 1. The number of likely N-dealkylation sites (tertiary alicyclic amines) is 1. The molecule has 2 atom stereocenters. The molecule has 2 aromatic carbocycles. The third-order valence-corrected chi connectivity index (χ3v) is 7.43. The molecule has 2 saturated heterocycles. The third kappa shape index (κ3) is 5.71. The molecule has 35 heavy (non-hydrogen) atoms. The number of morpholine rings is 1. The largest absolute Gasteiger partial charge is 0.401 e. The second-order valence-electron chi connectivity index (χ2n) is 10.2. The van der Waals surface area contributed by atoms with Crippen molar-refractivity contribution in [2.45, 2.75) is 49.7 Å². The number of hydrogen-bond donors (Lipinski definition) is 1. The summed E-state index contributed by atoms with van der Waals surface area (Å²) in [6.45, 7) is 0.265. The van der Waals surface area contributed by atoms with Crippen LogP contribution in [0.1, 0.15) is 59.4 Å². The average molecular weight is 489 g/mol. The molecule has 1 amide bonds. The number of benzene rings is 2. The van der Waals surface area contributed by atoms with E-state index in [2.05, 4.69) is 0 Å². The van der Waals surface area contributed by atoms with Crippen LogP contribution in [-0.4, -0.2) is 65.3 Å². The van der Waals surface area contributed by atoms with Gasteiger partial charge in [0.15, 0.2) is 0 Å². The molecule has 0 radical (unpaired) electrons. The summed E-state index contributed by atoms with van der Waals surface area (Å²) in [6.07, 6.45) is -2.18. The molecule has 2 aliphatic heterocycles. The van der Waals surface area contributed by atoms with E-state index < -0.39 is 30.5 Å². The van der Waals surface area contributed by atoms with Crippen molar-refractivity contribution in [1.29, 1.82) is 0 Å². The molecular formula is C27H31F3N2O3. The first-order valence-electron chi connectivity index (χ1n) is 12.3. The molecule has 5 nitrogen and oxygen atoms in total. The van der Waals surface area contributed by atoms with Crippen molar-refractivity contribution in [1.82, 2.24) is 9.80 Å². The molecule has 2 heterocycles. The van der Waals surface area contributed by atoms with E-state index in [1.807, 2.05) is 42.5 Å². The van der Waals surface area contributed by atoms with Gasteiger partial charge in [-0.1, -0.05) is 42.5 Å². The maximum atomic E-state index is 13.3. The summed E-state index contributed by atoms with van der Waals surface area (Å²) in [5.41, 5.74) is 1.52. The maximum absolute atomic E-state index is 13.3. The summed E-state index contributed by atoms with van der Waals surface area (Å²) in [4.78, 5) is 16.3. The first-order chi connectivity index (χ1) is 16.7. The van der Waals surface area contributed by atoms with E-state index in [-0.39, 0.29) is 19.0 Å². The minimum Gasteiger partial charge on any atom is -0.388 e. The molecule has 188 valence electrons. The second kappa shape index (κ2) is 9.56. The standard InChI is InChI=1S/C27H31F3N2O3/c28-27(29,30)18-31-16-23(19-4-2-1-3-5-19)35-26(17-31)12-14-32(15-13-26)25(34)22-10-8-21(9-11-22)24(33)20-6-7-20/h1-5,8-11,20,23-24,33H,6-7,12-18H2. The summed E-state index contributed by atoms with van der Waals surface area (Å²) in [6, 6.07) is 16.5. The van der Waals surface area contributed by atoms with Gasteiger partial charge in [-0.25, -0.2) is 0 Å². The lowest BCUT2D eigenvalue weighted by molar-refractivity contribution is -0.205. The van der Waals surface area contributed by atoms with Crippen LogP contribution in [0.15, 0.2) is 54.6 Å².